The van der Waals surface area contributed by atoms with E-state index >= 15 is 0 Å². The van der Waals surface area contributed by atoms with Gasteiger partial charge in [0.2, 0.25) is 0 Å². The number of nitrogen functional groups attached to an aromatic ring is 1. The van der Waals surface area contributed by atoms with Crippen LogP contribution in [0.1, 0.15) is 32.4 Å². The average molecular weight is 526 g/mol. The third-order valence-corrected chi connectivity index (χ3v) is 6.78. The maximum absolute atomic E-state index is 12.9. The van der Waals surface area contributed by atoms with Gasteiger partial charge in [0.1, 0.15) is 48.2 Å². The van der Waals surface area contributed by atoms with Gasteiger partial charge in [0, 0.05) is 16.7 Å². The van der Waals surface area contributed by atoms with E-state index in [1.165, 1.54) is 24.1 Å². The first-order chi connectivity index (χ1) is 16.6. The minimum atomic E-state index is -1.38. The van der Waals surface area contributed by atoms with Gasteiger partial charge in [-0.15, -0.1) is 23.1 Å². The highest BCUT2D eigenvalue weighted by atomic mass is 32.2. The van der Waals surface area contributed by atoms with Crippen LogP contribution in [-0.2, 0) is 33.5 Å². The van der Waals surface area contributed by atoms with E-state index in [0.29, 0.717) is 6.42 Å². The van der Waals surface area contributed by atoms with E-state index in [2.05, 4.69) is 15.5 Å². The molecule has 13 nitrogen and oxygen atoms in total. The van der Waals surface area contributed by atoms with Gasteiger partial charge in [0.05, 0.1) is 0 Å². The number of carboxylic acid groups (broad SMARTS) is 1. The lowest BCUT2D eigenvalue weighted by atomic mass is 10.0. The molecule has 15 heteroatoms. The standard InChI is InChI=1S/C20H23N5O8S2/c1-3-4-33-24-13(11-8-35-20(21)22-11)16(28)23-14-17(29)25-15(19(30)31)10(7-34-18(14)25)6-32-12(27)5-9(2)26/h8,14,18H,3-7H2,1-2H3,(H2,21,22)(H,23,28)(H,30,31)/b24-13-/t14-,18-/m1/s1. The number of rotatable bonds is 11. The van der Waals surface area contributed by atoms with Crippen LogP contribution in [0.5, 0.6) is 0 Å². The Bertz CT molecular complexity index is 1110. The molecule has 2 aliphatic rings. The number of fused-ring (bicyclic) bond motifs is 1. The van der Waals surface area contributed by atoms with Crippen LogP contribution in [0.25, 0.3) is 0 Å². The quantitative estimate of drug-likeness (QED) is 0.0888. The predicted octanol–water partition coefficient (Wildman–Crippen LogP) is 0.117. The van der Waals surface area contributed by atoms with E-state index in [9.17, 15) is 29.1 Å². The number of β-lactam (4-membered cyclic amide) rings is 1. The Balaban J connectivity index is 1.74. The number of hydrogen-bond acceptors (Lipinski definition) is 12. The molecule has 1 saturated heterocycles. The van der Waals surface area contributed by atoms with Crippen molar-refractivity contribution in [2.75, 3.05) is 24.7 Å². The SMILES string of the molecule is CCCO/N=C(\C(=O)N[C@@H]1C(=O)N2C(C(=O)O)=C(COC(=O)CC(C)=O)CS[C@H]12)c1csc(N)n1. The smallest absolute Gasteiger partial charge is 0.352 e. The summed E-state index contributed by atoms with van der Waals surface area (Å²) < 4.78 is 4.99. The third-order valence-electron chi connectivity index (χ3n) is 4.77. The lowest BCUT2D eigenvalue weighted by molar-refractivity contribution is -0.150. The Morgan fingerprint density at radius 1 is 1.37 bits per heavy atom. The minimum Gasteiger partial charge on any atom is -0.477 e. The number of anilines is 1. The second-order valence-corrected chi connectivity index (χ2v) is 9.50. The highest BCUT2D eigenvalue weighted by Crippen LogP contribution is 2.40. The minimum absolute atomic E-state index is 0.138. The molecule has 4 N–H and O–H groups in total. The summed E-state index contributed by atoms with van der Waals surface area (Å²) in [4.78, 5) is 70.6. The molecule has 3 rings (SSSR count). The van der Waals surface area contributed by atoms with Crippen LogP contribution < -0.4 is 11.1 Å². The summed E-state index contributed by atoms with van der Waals surface area (Å²) in [5.41, 5.74) is 5.57. The number of carbonyl (C=O) groups is 5. The number of nitrogens with two attached hydrogens (primary N) is 1. The van der Waals surface area contributed by atoms with E-state index in [4.69, 9.17) is 15.3 Å². The molecular weight excluding hydrogens is 502 g/mol. The van der Waals surface area contributed by atoms with Gasteiger partial charge in [-0.2, -0.15) is 0 Å². The third kappa shape index (κ3) is 5.97. The van der Waals surface area contributed by atoms with Crippen molar-refractivity contribution in [3.8, 4) is 0 Å². The van der Waals surface area contributed by atoms with Crippen molar-refractivity contribution in [3.05, 3.63) is 22.3 Å². The van der Waals surface area contributed by atoms with Crippen LogP contribution in [0, 0.1) is 0 Å². The molecule has 0 unspecified atom stereocenters. The lowest BCUT2D eigenvalue weighted by Crippen LogP contribution is -2.71. The summed E-state index contributed by atoms with van der Waals surface area (Å²) in [6, 6.07) is -1.02. The number of thioether (sulfide) groups is 1. The number of Topliss-reactive ketones (excluding diaryl/α,β-unsaturated/α-hetero) is 1. The molecule has 0 spiro atoms. The summed E-state index contributed by atoms with van der Waals surface area (Å²) in [5.74, 6) is -3.79. The fraction of sp³-hybridized carbons (Fsp3) is 0.450. The Morgan fingerprint density at radius 2 is 2.11 bits per heavy atom. The molecule has 0 aromatic carbocycles. The van der Waals surface area contributed by atoms with Gasteiger partial charge in [0.25, 0.3) is 11.8 Å². The summed E-state index contributed by atoms with van der Waals surface area (Å²) in [6.07, 6.45) is 0.224. The fourth-order valence-electron chi connectivity index (χ4n) is 3.23. The number of aliphatic carboxylic acids is 1. The van der Waals surface area contributed by atoms with E-state index in [0.717, 1.165) is 16.2 Å². The van der Waals surface area contributed by atoms with Crippen molar-refractivity contribution < 1.29 is 38.7 Å². The molecule has 188 valence electrons. The second kappa shape index (κ2) is 11.3. The molecule has 1 fully saturated rings. The number of esters is 1. The fourth-order valence-corrected chi connectivity index (χ4v) is 5.10. The Hall–Kier alpha value is -3.46. The highest BCUT2D eigenvalue weighted by Gasteiger charge is 2.54. The van der Waals surface area contributed by atoms with Crippen molar-refractivity contribution in [2.24, 2.45) is 5.16 Å². The number of amides is 2. The van der Waals surface area contributed by atoms with E-state index in [1.54, 1.807) is 0 Å². The molecule has 0 aliphatic carbocycles. The van der Waals surface area contributed by atoms with Crippen LogP contribution in [0.15, 0.2) is 21.8 Å². The zero-order valence-corrected chi connectivity index (χ0v) is 20.4. The number of carboxylic acids is 1. The number of nitrogens with zero attached hydrogens (tertiary/aromatic N) is 3. The number of thiazole rings is 1. The number of oxime groups is 1. The van der Waals surface area contributed by atoms with Crippen molar-refractivity contribution >= 4 is 63.5 Å². The molecular formula is C20H23N5O8S2. The van der Waals surface area contributed by atoms with Crippen molar-refractivity contribution in [1.82, 2.24) is 15.2 Å². The van der Waals surface area contributed by atoms with Crippen molar-refractivity contribution in [3.63, 3.8) is 0 Å². The summed E-state index contributed by atoms with van der Waals surface area (Å²) in [7, 11) is 0. The van der Waals surface area contributed by atoms with Crippen LogP contribution in [-0.4, -0.2) is 80.6 Å². The van der Waals surface area contributed by atoms with Gasteiger partial charge in [-0.25, -0.2) is 9.78 Å². The number of aromatic nitrogens is 1. The maximum atomic E-state index is 12.9. The number of nitrogens with one attached hydrogen (secondary N) is 1. The zero-order chi connectivity index (χ0) is 25.7. The molecule has 2 atom stereocenters. The van der Waals surface area contributed by atoms with Gasteiger partial charge in [-0.3, -0.25) is 24.1 Å². The first-order valence-electron chi connectivity index (χ1n) is 10.4. The summed E-state index contributed by atoms with van der Waals surface area (Å²) in [6.45, 7) is 2.99. The molecule has 2 aliphatic heterocycles. The second-order valence-electron chi connectivity index (χ2n) is 7.50. The largest absolute Gasteiger partial charge is 0.477 e. The topological polar surface area (TPSA) is 191 Å². The number of carbonyl (C=O) groups excluding carboxylic acids is 4. The van der Waals surface area contributed by atoms with Crippen LogP contribution >= 0.6 is 23.1 Å². The molecule has 1 aromatic rings. The van der Waals surface area contributed by atoms with E-state index < -0.39 is 41.6 Å². The van der Waals surface area contributed by atoms with Gasteiger partial charge < -0.3 is 25.7 Å². The van der Waals surface area contributed by atoms with Crippen molar-refractivity contribution in [1.29, 1.82) is 0 Å². The molecule has 2 amide bonds. The Kier molecular flexibility index (Phi) is 8.45. The van der Waals surface area contributed by atoms with Gasteiger partial charge in [-0.1, -0.05) is 12.1 Å². The predicted molar refractivity (Wildman–Crippen MR) is 125 cm³/mol. The summed E-state index contributed by atoms with van der Waals surface area (Å²) in [5, 5.41) is 17.2. The van der Waals surface area contributed by atoms with E-state index in [-0.39, 0.29) is 52.6 Å². The Morgan fingerprint density at radius 3 is 2.71 bits per heavy atom. The molecule has 1 aromatic heterocycles. The number of hydrogen-bond donors (Lipinski definition) is 3. The highest BCUT2D eigenvalue weighted by molar-refractivity contribution is 8.00. The molecule has 0 radical (unpaired) electrons. The first-order valence-corrected chi connectivity index (χ1v) is 12.3. The van der Waals surface area contributed by atoms with Gasteiger partial charge in [0.15, 0.2) is 10.8 Å². The monoisotopic (exact) mass is 525 g/mol. The molecule has 35 heavy (non-hydrogen) atoms. The summed E-state index contributed by atoms with van der Waals surface area (Å²) >= 11 is 2.31. The van der Waals surface area contributed by atoms with Gasteiger partial charge in [-0.05, 0) is 13.3 Å². The molecule has 0 bridgehead atoms. The van der Waals surface area contributed by atoms with Crippen molar-refractivity contribution in [2.45, 2.75) is 38.1 Å². The average Bonchev–Trinajstić information content (AvgIpc) is 3.23. The zero-order valence-electron chi connectivity index (χ0n) is 18.8. The normalized spacial score (nSPS) is 19.5. The molecule has 3 heterocycles. The first kappa shape index (κ1) is 26.2. The maximum Gasteiger partial charge on any atom is 0.352 e. The van der Waals surface area contributed by atoms with E-state index in [1.807, 2.05) is 6.92 Å². The van der Waals surface area contributed by atoms with Crippen LogP contribution in [0.4, 0.5) is 5.13 Å². The van der Waals surface area contributed by atoms with Crippen LogP contribution in [0.2, 0.25) is 0 Å². The molecule has 0 saturated carbocycles. The number of ketones is 1. The lowest BCUT2D eigenvalue weighted by Gasteiger charge is -2.49. The van der Waals surface area contributed by atoms with Gasteiger partial charge >= 0.3 is 11.9 Å². The Labute approximate surface area is 207 Å². The number of ether oxygens (including phenoxy) is 1. The van der Waals surface area contributed by atoms with Crippen LogP contribution in [0.3, 0.4) is 0 Å².